The van der Waals surface area contributed by atoms with Crippen molar-refractivity contribution in [2.24, 2.45) is 5.92 Å². The molecule has 1 aliphatic heterocycles. The van der Waals surface area contributed by atoms with Crippen molar-refractivity contribution < 1.29 is 28.7 Å². The predicted octanol–water partition coefficient (Wildman–Crippen LogP) is 2.01. The lowest BCUT2D eigenvalue weighted by atomic mass is 10.0. The Morgan fingerprint density at radius 1 is 0.906 bits per heavy atom. The van der Waals surface area contributed by atoms with Gasteiger partial charge in [-0.25, -0.2) is 14.3 Å². The maximum Gasteiger partial charge on any atom is 0.257 e. The van der Waals surface area contributed by atoms with E-state index in [0.29, 0.717) is 35.9 Å². The van der Waals surface area contributed by atoms with E-state index in [0.717, 1.165) is 5.56 Å². The van der Waals surface area contributed by atoms with Gasteiger partial charge in [0.25, 0.3) is 5.91 Å². The van der Waals surface area contributed by atoms with E-state index in [4.69, 9.17) is 4.74 Å². The molecule has 0 aliphatic carbocycles. The summed E-state index contributed by atoms with van der Waals surface area (Å²) in [5, 5.41) is 20.2. The Balaban J connectivity index is 1.41. The highest BCUT2D eigenvalue weighted by Crippen LogP contribution is 2.22. The van der Waals surface area contributed by atoms with E-state index in [9.17, 15) is 24.0 Å². The normalized spacial score (nSPS) is 19.5. The molecule has 5 rings (SSSR count). The molecular weight excluding hydrogens is 680 g/mol. The number of ether oxygens (including phenoxy) is 1. The maximum absolute atomic E-state index is 13.8. The van der Waals surface area contributed by atoms with Crippen LogP contribution in [0, 0.1) is 5.92 Å². The zero-order valence-corrected chi connectivity index (χ0v) is 30.5. The van der Waals surface area contributed by atoms with E-state index in [1.165, 1.54) is 34.5 Å². The standard InChI is InChI=1S/C37H46N10O6/c1-23(2)18-28-36(51)41-24(3)34-43-33(26-12-7-6-8-13-26)44-47(34)22-31(48)38-16-11-17-45(21-32(49)40-25(4)35(50)42-28)37(52)27-19-39-46(20-27)29-14-9-10-15-30(29)53-5/h6-10,12-15,19-20,23-25,28H,11,16-18,21-22H2,1-5H3,(H,38,48)(H,40,49)(H,41,51)(H,42,50)/t24-,25+,28+/m0/s1. The molecule has 53 heavy (non-hydrogen) atoms. The number of hydrogen-bond acceptors (Lipinski definition) is 9. The van der Waals surface area contributed by atoms with Crippen LogP contribution in [-0.2, 0) is 25.7 Å². The molecule has 0 spiro atoms. The van der Waals surface area contributed by atoms with Gasteiger partial charge in [0, 0.05) is 24.8 Å². The molecule has 2 aromatic heterocycles. The molecule has 4 aromatic rings. The second-order valence-electron chi connectivity index (χ2n) is 13.3. The van der Waals surface area contributed by atoms with E-state index in [2.05, 4.69) is 36.4 Å². The summed E-state index contributed by atoms with van der Waals surface area (Å²) in [5.41, 5.74) is 1.58. The van der Waals surface area contributed by atoms with E-state index in [-0.39, 0.29) is 43.6 Å². The number of amides is 5. The summed E-state index contributed by atoms with van der Waals surface area (Å²) in [5.74, 6) is -1.10. The number of nitrogens with one attached hydrogen (secondary N) is 4. The fraction of sp³-hybridized carbons (Fsp3) is 0.405. The van der Waals surface area contributed by atoms with E-state index in [1.807, 2.05) is 56.3 Å². The van der Waals surface area contributed by atoms with Crippen LogP contribution < -0.4 is 26.0 Å². The van der Waals surface area contributed by atoms with Crippen molar-refractivity contribution in [2.75, 3.05) is 26.7 Å². The molecule has 0 fully saturated rings. The van der Waals surface area contributed by atoms with Gasteiger partial charge in [-0.05, 0) is 44.7 Å². The number of nitrogens with zero attached hydrogens (tertiary/aromatic N) is 6. The highest BCUT2D eigenvalue weighted by atomic mass is 16.5. The number of fused-ring (bicyclic) bond motifs is 1. The van der Waals surface area contributed by atoms with Gasteiger partial charge in [0.2, 0.25) is 23.6 Å². The predicted molar refractivity (Wildman–Crippen MR) is 195 cm³/mol. The van der Waals surface area contributed by atoms with E-state index >= 15 is 0 Å². The number of carbonyl (C=O) groups is 5. The van der Waals surface area contributed by atoms with Gasteiger partial charge in [-0.15, -0.1) is 0 Å². The van der Waals surface area contributed by atoms with Crippen LogP contribution in [-0.4, -0.2) is 97.8 Å². The SMILES string of the molecule is COc1ccccc1-n1cc(C(=O)N2CCCNC(=O)Cn3nc(-c4ccccc4)nc3[C@H](C)NC(=O)[C@@H](CC(C)C)NC(=O)[C@@H](C)NC(=O)C2)cn1. The molecule has 4 N–H and O–H groups in total. The fourth-order valence-corrected chi connectivity index (χ4v) is 5.91. The molecule has 2 aromatic carbocycles. The van der Waals surface area contributed by atoms with Gasteiger partial charge in [-0.2, -0.15) is 10.2 Å². The zero-order valence-electron chi connectivity index (χ0n) is 30.5. The molecule has 1 aliphatic rings. The second kappa shape index (κ2) is 17.4. The Bertz CT molecular complexity index is 1920. The first-order valence-corrected chi connectivity index (χ1v) is 17.6. The number of methoxy groups -OCH3 is 1. The van der Waals surface area contributed by atoms with Crippen molar-refractivity contribution in [3.63, 3.8) is 0 Å². The molecule has 3 atom stereocenters. The first kappa shape index (κ1) is 38.2. The molecule has 3 heterocycles. The number of para-hydroxylation sites is 2. The lowest BCUT2D eigenvalue weighted by Crippen LogP contribution is -2.54. The van der Waals surface area contributed by atoms with Crippen LogP contribution in [0.2, 0.25) is 0 Å². The smallest absolute Gasteiger partial charge is 0.257 e. The van der Waals surface area contributed by atoms with Crippen LogP contribution in [0.1, 0.15) is 62.8 Å². The topological polar surface area (TPSA) is 194 Å². The average molecular weight is 727 g/mol. The van der Waals surface area contributed by atoms with Crippen molar-refractivity contribution in [1.82, 2.24) is 50.7 Å². The van der Waals surface area contributed by atoms with Crippen molar-refractivity contribution in [3.8, 4) is 22.8 Å². The minimum atomic E-state index is -1.02. The summed E-state index contributed by atoms with van der Waals surface area (Å²) in [7, 11) is 1.54. The Hall–Kier alpha value is -6.06. The Morgan fingerprint density at radius 2 is 1.64 bits per heavy atom. The van der Waals surface area contributed by atoms with E-state index < -0.39 is 41.8 Å². The summed E-state index contributed by atoms with van der Waals surface area (Å²) in [6, 6.07) is 13.8. The lowest BCUT2D eigenvalue weighted by molar-refractivity contribution is -0.132. The van der Waals surface area contributed by atoms with Crippen LogP contribution in [0.25, 0.3) is 17.1 Å². The third kappa shape index (κ3) is 9.84. The molecule has 16 nitrogen and oxygen atoms in total. The fourth-order valence-electron chi connectivity index (χ4n) is 5.91. The Morgan fingerprint density at radius 3 is 2.38 bits per heavy atom. The summed E-state index contributed by atoms with van der Waals surface area (Å²) >= 11 is 0. The second-order valence-corrected chi connectivity index (χ2v) is 13.3. The van der Waals surface area contributed by atoms with Gasteiger partial charge in [0.15, 0.2) is 5.82 Å². The lowest BCUT2D eigenvalue weighted by Gasteiger charge is -2.25. The van der Waals surface area contributed by atoms with Crippen LogP contribution in [0.15, 0.2) is 67.0 Å². The van der Waals surface area contributed by atoms with Crippen molar-refractivity contribution in [1.29, 1.82) is 0 Å². The summed E-state index contributed by atoms with van der Waals surface area (Å²) < 4.78 is 8.39. The molecule has 5 amide bonds. The van der Waals surface area contributed by atoms with E-state index in [1.54, 1.807) is 25.3 Å². The Kier molecular flexibility index (Phi) is 12.6. The summed E-state index contributed by atoms with van der Waals surface area (Å²) in [6.45, 7) is 6.82. The molecule has 16 heteroatoms. The first-order chi connectivity index (χ1) is 25.4. The number of hydrogen-bond donors (Lipinski definition) is 4. The number of aromatic nitrogens is 5. The largest absolute Gasteiger partial charge is 0.494 e. The molecule has 0 saturated carbocycles. The van der Waals surface area contributed by atoms with Crippen LogP contribution in [0.5, 0.6) is 5.75 Å². The Labute approximate surface area is 307 Å². The maximum atomic E-state index is 13.8. The molecule has 0 unspecified atom stereocenters. The first-order valence-electron chi connectivity index (χ1n) is 17.6. The summed E-state index contributed by atoms with van der Waals surface area (Å²) in [4.78, 5) is 73.4. The van der Waals surface area contributed by atoms with Gasteiger partial charge in [-0.1, -0.05) is 56.3 Å². The number of benzene rings is 2. The van der Waals surface area contributed by atoms with Gasteiger partial charge in [0.1, 0.15) is 35.9 Å². The van der Waals surface area contributed by atoms with Crippen LogP contribution in [0.3, 0.4) is 0 Å². The number of carbonyl (C=O) groups excluding carboxylic acids is 5. The minimum Gasteiger partial charge on any atom is -0.494 e. The highest BCUT2D eigenvalue weighted by molar-refractivity contribution is 5.97. The quantitative estimate of drug-likeness (QED) is 0.230. The van der Waals surface area contributed by atoms with Gasteiger partial charge >= 0.3 is 0 Å². The average Bonchev–Trinajstić information content (AvgIpc) is 3.80. The van der Waals surface area contributed by atoms with Crippen LogP contribution >= 0.6 is 0 Å². The van der Waals surface area contributed by atoms with Crippen molar-refractivity contribution in [2.45, 2.75) is 65.2 Å². The van der Waals surface area contributed by atoms with Gasteiger partial charge in [0.05, 0.1) is 31.5 Å². The third-order valence-electron chi connectivity index (χ3n) is 8.59. The molecule has 0 radical (unpaired) electrons. The van der Waals surface area contributed by atoms with Crippen molar-refractivity contribution in [3.05, 3.63) is 78.4 Å². The zero-order chi connectivity index (χ0) is 38.1. The highest BCUT2D eigenvalue weighted by Gasteiger charge is 2.29. The number of rotatable bonds is 6. The van der Waals surface area contributed by atoms with Crippen molar-refractivity contribution >= 4 is 29.5 Å². The monoisotopic (exact) mass is 726 g/mol. The molecule has 0 saturated heterocycles. The minimum absolute atomic E-state index is 0.0387. The summed E-state index contributed by atoms with van der Waals surface area (Å²) in [6.07, 6.45) is 3.58. The molecule has 0 bridgehead atoms. The van der Waals surface area contributed by atoms with Gasteiger partial charge in [-0.3, -0.25) is 24.0 Å². The molecular formula is C37H46N10O6. The van der Waals surface area contributed by atoms with Gasteiger partial charge < -0.3 is 30.9 Å². The molecule has 280 valence electrons. The third-order valence-corrected chi connectivity index (χ3v) is 8.59. The van der Waals surface area contributed by atoms with Crippen LogP contribution in [0.4, 0.5) is 0 Å².